The van der Waals surface area contributed by atoms with Crippen LogP contribution in [0.2, 0.25) is 10.0 Å². The molecule has 2 aromatic heterocycles. The van der Waals surface area contributed by atoms with Crippen LogP contribution in [0.5, 0.6) is 23.0 Å². The van der Waals surface area contributed by atoms with E-state index in [0.717, 1.165) is 47.9 Å². The molecule has 2 fully saturated rings. The third-order valence-corrected chi connectivity index (χ3v) is 14.2. The minimum absolute atomic E-state index is 0. The fourth-order valence-corrected chi connectivity index (χ4v) is 10.4. The van der Waals surface area contributed by atoms with E-state index in [0.29, 0.717) is 34.8 Å². The lowest BCUT2D eigenvalue weighted by Crippen LogP contribution is -2.58. The first kappa shape index (κ1) is 47.6. The van der Waals surface area contributed by atoms with Crippen molar-refractivity contribution in [2.75, 3.05) is 36.6 Å². The number of carbonyl (C=O) groups excluding carboxylic acids is 2. The average Bonchev–Trinajstić information content (AvgIpc) is 4.30. The smallest absolute Gasteiger partial charge is 0.278 e. The summed E-state index contributed by atoms with van der Waals surface area (Å²) in [5, 5.41) is 26.4. The predicted molar refractivity (Wildman–Crippen MR) is 269 cm³/mol. The maximum absolute atomic E-state index is 13.6. The van der Waals surface area contributed by atoms with Crippen molar-refractivity contribution in [3.63, 3.8) is 0 Å². The molecule has 2 N–H and O–H groups in total. The van der Waals surface area contributed by atoms with E-state index in [1.54, 1.807) is 43.7 Å². The Bertz CT molecular complexity index is 2970. The third kappa shape index (κ3) is 7.94. The molecule has 4 aromatic carbocycles. The minimum atomic E-state index is -0.589. The summed E-state index contributed by atoms with van der Waals surface area (Å²) in [7, 11) is 0. The van der Waals surface area contributed by atoms with E-state index in [-0.39, 0.29) is 51.4 Å². The monoisotopic (exact) mass is 982 g/mol. The molecular formula is C54H52Cl2N6O8. The molecule has 6 aromatic rings. The van der Waals surface area contributed by atoms with Gasteiger partial charge in [0.1, 0.15) is 50.1 Å². The van der Waals surface area contributed by atoms with E-state index in [4.69, 9.17) is 32.7 Å². The lowest BCUT2D eigenvalue weighted by Gasteiger charge is -2.46. The predicted octanol–water partition coefficient (Wildman–Crippen LogP) is 8.93. The van der Waals surface area contributed by atoms with Crippen molar-refractivity contribution in [2.45, 2.75) is 63.7 Å². The second kappa shape index (κ2) is 18.5. The van der Waals surface area contributed by atoms with Gasteiger partial charge in [0, 0.05) is 35.7 Å². The lowest BCUT2D eigenvalue weighted by molar-refractivity contribution is 0.0598. The molecule has 4 bridgehead atoms. The summed E-state index contributed by atoms with van der Waals surface area (Å²) in [5.74, 6) is -0.717. The molecule has 70 heavy (non-hydrogen) atoms. The lowest BCUT2D eigenvalue weighted by atomic mass is 9.96. The number of fused-ring (bicyclic) bond motifs is 12. The van der Waals surface area contributed by atoms with Gasteiger partial charge >= 0.3 is 0 Å². The maximum atomic E-state index is 13.6. The average molecular weight is 984 g/mol. The number of aromatic hydroxyl groups is 2. The van der Waals surface area contributed by atoms with Gasteiger partial charge in [-0.25, -0.2) is 0 Å². The highest BCUT2D eigenvalue weighted by molar-refractivity contribution is 6.32. The molecule has 6 aliphatic rings. The number of hydrogen-bond donors (Lipinski definition) is 2. The van der Waals surface area contributed by atoms with Gasteiger partial charge < -0.3 is 29.5 Å². The molecule has 0 saturated heterocycles. The molecule has 2 spiro atoms. The summed E-state index contributed by atoms with van der Waals surface area (Å²) in [5.41, 5.74) is 1.31. The molecular weight excluding hydrogens is 932 g/mol. The van der Waals surface area contributed by atoms with E-state index in [2.05, 4.69) is 0 Å². The van der Waals surface area contributed by atoms with Crippen molar-refractivity contribution in [3.05, 3.63) is 210 Å². The van der Waals surface area contributed by atoms with Crippen LogP contribution in [0.4, 0.5) is 0 Å². The Morgan fingerprint density at radius 2 is 0.900 bits per heavy atom. The number of hydrogen-bond acceptors (Lipinski definition) is 10. The van der Waals surface area contributed by atoms with E-state index in [9.17, 15) is 29.4 Å². The number of nitrogens with zero attached hydrogens (tertiary/aromatic N) is 6. The number of halogens is 2. The van der Waals surface area contributed by atoms with E-state index in [1.807, 2.05) is 119 Å². The number of aromatic nitrogens is 2. The van der Waals surface area contributed by atoms with Gasteiger partial charge in [0.15, 0.2) is 22.9 Å². The summed E-state index contributed by atoms with van der Waals surface area (Å²) >= 11 is 13.2. The summed E-state index contributed by atoms with van der Waals surface area (Å²) in [6, 6.07) is 32.6. The van der Waals surface area contributed by atoms with Crippen molar-refractivity contribution in [1.82, 2.24) is 19.2 Å². The van der Waals surface area contributed by atoms with Gasteiger partial charge in [-0.2, -0.15) is 0 Å². The number of carbonyl (C=O) groups is 2. The molecule has 12 rings (SSSR count). The fraction of sp³-hybridized carbons (Fsp3) is 0.259. The molecule has 2 aliphatic carbocycles. The van der Waals surface area contributed by atoms with Crippen molar-refractivity contribution >= 4 is 35.0 Å². The first-order chi connectivity index (χ1) is 33.0. The van der Waals surface area contributed by atoms with Crippen LogP contribution >= 0.6 is 23.2 Å². The third-order valence-electron chi connectivity index (χ3n) is 13.6. The quantitative estimate of drug-likeness (QED) is 0.161. The summed E-state index contributed by atoms with van der Waals surface area (Å²) < 4.78 is 15.5. The zero-order valence-corrected chi connectivity index (χ0v) is 38.0. The first-order valence-corrected chi connectivity index (χ1v) is 23.1. The van der Waals surface area contributed by atoms with Crippen molar-refractivity contribution in [3.8, 4) is 23.0 Å². The highest BCUT2D eigenvalue weighted by atomic mass is 35.5. The number of ether oxygens (including phenoxy) is 2. The van der Waals surface area contributed by atoms with Crippen molar-refractivity contribution < 1.29 is 29.3 Å². The van der Waals surface area contributed by atoms with Gasteiger partial charge in [0.05, 0.1) is 21.1 Å². The van der Waals surface area contributed by atoms with Crippen LogP contribution in [0, 0.1) is 0 Å². The van der Waals surface area contributed by atoms with Gasteiger partial charge in [-0.05, 0) is 61.1 Å². The molecule has 4 aliphatic heterocycles. The number of benzene rings is 4. The van der Waals surface area contributed by atoms with Crippen LogP contribution in [0.3, 0.4) is 0 Å². The zero-order valence-electron chi connectivity index (χ0n) is 36.5. The van der Waals surface area contributed by atoms with Crippen molar-refractivity contribution in [1.29, 1.82) is 0 Å². The Morgan fingerprint density at radius 3 is 1.27 bits per heavy atom. The number of para-hydroxylation sites is 2. The number of pyridine rings is 2. The Balaban J connectivity index is 0.000000169. The molecule has 0 unspecified atom stereocenters. The number of amides is 2. The van der Waals surface area contributed by atoms with Crippen LogP contribution in [0.1, 0.15) is 95.9 Å². The fourth-order valence-electron chi connectivity index (χ4n) is 9.96. The standard InChI is InChI=1S/2C26H22ClN3O4.2CH4/c2*27-19-9-4-8-18-21(17-6-2-1-3-7-17)30-16-28(26(12-13-26)11-5-15-34-24(18)19)25(33)22-23(32)20(31)10-14-29(22)30;;/h2*1-11,14,21,32H,12-13,15-16H2;2*1H4/b2*11-5+;;/t2*21-;;/m10../s1. The molecule has 360 valence electrons. The summed E-state index contributed by atoms with van der Waals surface area (Å²) in [4.78, 5) is 55.5. The van der Waals surface area contributed by atoms with Crippen LogP contribution < -0.4 is 30.3 Å². The molecule has 14 nitrogen and oxygen atoms in total. The van der Waals surface area contributed by atoms with Gasteiger partial charge in [0.25, 0.3) is 11.8 Å². The summed E-state index contributed by atoms with van der Waals surface area (Å²) in [6.07, 6.45) is 14.1. The summed E-state index contributed by atoms with van der Waals surface area (Å²) in [6.45, 7) is 1.12. The normalized spacial score (nSPS) is 20.6. The Morgan fingerprint density at radius 1 is 0.514 bits per heavy atom. The Kier molecular flexibility index (Phi) is 12.6. The topological polar surface area (TPSA) is 150 Å². The zero-order chi connectivity index (χ0) is 46.9. The SMILES string of the molecule is C.C.O=C1c2c(O)c(=O)ccn2N2CN1C1(/C=C/COc3c(Cl)cccc3[C@@H]2c2ccccc2)CC1.O=C1c2c(O)c(=O)ccn2N2CN1C1(/C=C/COc3c(Cl)cccc3[C@H]2c2ccccc2)CC1. The van der Waals surface area contributed by atoms with E-state index >= 15 is 0 Å². The second-order valence-corrected chi connectivity index (χ2v) is 18.5. The van der Waals surface area contributed by atoms with Crippen LogP contribution in [-0.2, 0) is 0 Å². The molecule has 2 saturated carbocycles. The molecule has 16 heteroatoms. The van der Waals surface area contributed by atoms with Crippen LogP contribution in [0.25, 0.3) is 0 Å². The maximum Gasteiger partial charge on any atom is 0.278 e. The van der Waals surface area contributed by atoms with Gasteiger partial charge in [-0.1, -0.05) is 135 Å². The molecule has 6 heterocycles. The van der Waals surface area contributed by atoms with Crippen LogP contribution in [-0.4, -0.2) is 78.8 Å². The van der Waals surface area contributed by atoms with Gasteiger partial charge in [0.2, 0.25) is 10.9 Å². The largest absolute Gasteiger partial charge is 0.502 e. The highest BCUT2D eigenvalue weighted by Gasteiger charge is 2.54. The van der Waals surface area contributed by atoms with Gasteiger partial charge in [-0.3, -0.25) is 38.5 Å². The number of rotatable bonds is 2. The van der Waals surface area contributed by atoms with E-state index < -0.39 is 45.5 Å². The first-order valence-electron chi connectivity index (χ1n) is 22.3. The molecule has 2 amide bonds. The molecule has 0 radical (unpaired) electrons. The second-order valence-electron chi connectivity index (χ2n) is 17.6. The Labute approximate surface area is 415 Å². The Hall–Kier alpha value is -7.42. The molecule has 2 atom stereocenters. The van der Waals surface area contributed by atoms with Crippen molar-refractivity contribution in [2.24, 2.45) is 0 Å². The van der Waals surface area contributed by atoms with E-state index in [1.165, 1.54) is 12.1 Å². The highest BCUT2D eigenvalue weighted by Crippen LogP contribution is 2.49. The minimum Gasteiger partial charge on any atom is -0.502 e. The van der Waals surface area contributed by atoms with Gasteiger partial charge in [-0.15, -0.1) is 0 Å². The van der Waals surface area contributed by atoms with Crippen LogP contribution in [0.15, 0.2) is 155 Å².